The molecule has 0 fully saturated rings. The van der Waals surface area contributed by atoms with Crippen LogP contribution in [0.25, 0.3) is 33.4 Å². The number of aromatic nitrogens is 4. The highest BCUT2D eigenvalue weighted by Gasteiger charge is 2.12. The number of benzene rings is 2. The Morgan fingerprint density at radius 3 is 2.62 bits per heavy atom. The van der Waals surface area contributed by atoms with Crippen LogP contribution < -0.4 is 5.56 Å². The van der Waals surface area contributed by atoms with Crippen LogP contribution in [-0.2, 0) is 0 Å². The van der Waals surface area contributed by atoms with Crippen LogP contribution in [-0.4, -0.2) is 18.9 Å². The Hall–Kier alpha value is -2.89. The summed E-state index contributed by atoms with van der Waals surface area (Å²) in [7, 11) is 0. The maximum atomic E-state index is 13.0. The summed E-state index contributed by atoms with van der Waals surface area (Å²) in [6, 6.07) is 14.7. The van der Waals surface area contributed by atoms with Crippen molar-refractivity contribution in [3.63, 3.8) is 0 Å². The first kappa shape index (κ1) is 15.4. The first-order chi connectivity index (χ1) is 12.6. The zero-order chi connectivity index (χ0) is 17.8. The predicted octanol–water partition coefficient (Wildman–Crippen LogP) is 4.49. The number of imidazole rings is 1. The summed E-state index contributed by atoms with van der Waals surface area (Å²) in [5.41, 5.74) is 2.95. The van der Waals surface area contributed by atoms with Gasteiger partial charge in [0.1, 0.15) is 0 Å². The number of fused-ring (bicyclic) bond motifs is 5. The fraction of sp³-hybridized carbons (Fsp3) is 0. The molecule has 0 saturated heterocycles. The van der Waals surface area contributed by atoms with Gasteiger partial charge < -0.3 is 0 Å². The van der Waals surface area contributed by atoms with Crippen LogP contribution in [0.3, 0.4) is 0 Å². The Morgan fingerprint density at radius 1 is 0.923 bits per heavy atom. The van der Waals surface area contributed by atoms with Crippen molar-refractivity contribution < 1.29 is 0 Å². The van der Waals surface area contributed by atoms with E-state index >= 15 is 0 Å². The minimum atomic E-state index is -0.187. The zero-order valence-corrected chi connectivity index (χ0v) is 14.7. The lowest BCUT2D eigenvalue weighted by Gasteiger charge is -2.09. The van der Waals surface area contributed by atoms with E-state index in [1.807, 2.05) is 34.7 Å². The Bertz CT molecular complexity index is 1390. The molecule has 2 aromatic carbocycles. The second kappa shape index (κ2) is 5.56. The second-order valence-electron chi connectivity index (χ2n) is 5.88. The summed E-state index contributed by atoms with van der Waals surface area (Å²) in [5, 5.41) is 1.33. The quantitative estimate of drug-likeness (QED) is 0.430. The van der Waals surface area contributed by atoms with Gasteiger partial charge >= 0.3 is 0 Å². The maximum absolute atomic E-state index is 13.0. The van der Waals surface area contributed by atoms with Gasteiger partial charge in [0.25, 0.3) is 5.56 Å². The molecule has 0 spiro atoms. The number of hydrogen-bond acceptors (Lipinski definition) is 3. The van der Waals surface area contributed by atoms with Gasteiger partial charge in [-0.25, -0.2) is 9.97 Å². The zero-order valence-electron chi connectivity index (χ0n) is 13.2. The molecule has 0 N–H and O–H groups in total. The van der Waals surface area contributed by atoms with Crippen molar-refractivity contribution in [1.82, 2.24) is 18.9 Å². The van der Waals surface area contributed by atoms with Crippen LogP contribution in [0, 0.1) is 0 Å². The molecule has 26 heavy (non-hydrogen) atoms. The molecule has 0 bridgehead atoms. The van der Waals surface area contributed by atoms with E-state index in [-0.39, 0.29) is 5.56 Å². The molecule has 3 heterocycles. The molecule has 0 radical (unpaired) electrons. The van der Waals surface area contributed by atoms with E-state index in [1.54, 1.807) is 30.6 Å². The molecule has 0 aliphatic carbocycles. The van der Waals surface area contributed by atoms with Gasteiger partial charge in [0.2, 0.25) is 5.78 Å². The highest BCUT2D eigenvalue weighted by Crippen LogP contribution is 2.25. The van der Waals surface area contributed by atoms with Gasteiger partial charge in [0.15, 0.2) is 0 Å². The molecule has 126 valence electrons. The first-order valence-corrected chi connectivity index (χ1v) is 8.62. The van der Waals surface area contributed by atoms with Gasteiger partial charge in [-0.3, -0.25) is 13.8 Å². The fourth-order valence-corrected chi connectivity index (χ4v) is 3.45. The average molecular weight is 381 g/mol. The van der Waals surface area contributed by atoms with Crippen molar-refractivity contribution in [1.29, 1.82) is 0 Å². The highest BCUT2D eigenvalue weighted by atomic mass is 35.5. The van der Waals surface area contributed by atoms with E-state index in [0.717, 1.165) is 16.6 Å². The van der Waals surface area contributed by atoms with Crippen LogP contribution in [0.4, 0.5) is 0 Å². The molecule has 5 nitrogen and oxygen atoms in total. The molecule has 3 aromatic heterocycles. The van der Waals surface area contributed by atoms with Gasteiger partial charge in [-0.2, -0.15) is 0 Å². The molecule has 0 unspecified atom stereocenters. The van der Waals surface area contributed by atoms with Gasteiger partial charge in [-0.1, -0.05) is 35.3 Å². The largest absolute Gasteiger partial charge is 0.284 e. The summed E-state index contributed by atoms with van der Waals surface area (Å²) in [6.45, 7) is 0. The van der Waals surface area contributed by atoms with Crippen molar-refractivity contribution >= 4 is 50.9 Å². The molecule has 0 amide bonds. The van der Waals surface area contributed by atoms with Crippen LogP contribution >= 0.6 is 23.2 Å². The smallest absolute Gasteiger partial charge is 0.266 e. The molecule has 0 aliphatic heterocycles. The standard InChI is InChI=1S/C19H10Cl2N4O/c20-13-6-5-11(9-14(13)21)24-8-7-16-12(18(24)26)10-22-19-23-15-3-1-2-4-17(15)25(16)19/h1-10H. The monoisotopic (exact) mass is 380 g/mol. The Kier molecular flexibility index (Phi) is 3.29. The third-order valence-corrected chi connectivity index (χ3v) is 5.12. The number of hydrogen-bond donors (Lipinski definition) is 0. The summed E-state index contributed by atoms with van der Waals surface area (Å²) in [6.07, 6.45) is 3.28. The van der Waals surface area contributed by atoms with Gasteiger partial charge in [0.05, 0.1) is 37.7 Å². The van der Waals surface area contributed by atoms with Crippen molar-refractivity contribution in [2.75, 3.05) is 0 Å². The molecule has 5 aromatic rings. The minimum absolute atomic E-state index is 0.187. The lowest BCUT2D eigenvalue weighted by molar-refractivity contribution is 1.00. The van der Waals surface area contributed by atoms with Crippen LogP contribution in [0.15, 0.2) is 65.7 Å². The third kappa shape index (κ3) is 2.14. The average Bonchev–Trinajstić information content (AvgIpc) is 3.03. The van der Waals surface area contributed by atoms with E-state index < -0.39 is 0 Å². The topological polar surface area (TPSA) is 52.2 Å². The molecule has 5 rings (SSSR count). The van der Waals surface area contributed by atoms with Crippen molar-refractivity contribution in [2.45, 2.75) is 0 Å². The molecule has 0 atom stereocenters. The summed E-state index contributed by atoms with van der Waals surface area (Å²) >= 11 is 12.1. The molecule has 0 aliphatic rings. The number of rotatable bonds is 1. The highest BCUT2D eigenvalue weighted by molar-refractivity contribution is 6.42. The Labute approximate surface area is 157 Å². The van der Waals surface area contributed by atoms with Crippen molar-refractivity contribution in [3.05, 3.63) is 81.3 Å². The fourth-order valence-electron chi connectivity index (χ4n) is 3.16. The van der Waals surface area contributed by atoms with Gasteiger partial charge in [-0.15, -0.1) is 0 Å². The molecular weight excluding hydrogens is 371 g/mol. The maximum Gasteiger partial charge on any atom is 0.266 e. The number of halogens is 2. The number of pyridine rings is 1. The predicted molar refractivity (Wildman–Crippen MR) is 104 cm³/mol. The van der Waals surface area contributed by atoms with Crippen molar-refractivity contribution in [2.24, 2.45) is 0 Å². The summed E-state index contributed by atoms with van der Waals surface area (Å²) in [5.74, 6) is 0.561. The SMILES string of the molecule is O=c1c2cnc3nc4ccccc4n3c2ccn1-c1ccc(Cl)c(Cl)c1. The van der Waals surface area contributed by atoms with E-state index in [9.17, 15) is 4.79 Å². The molecule has 0 saturated carbocycles. The van der Waals surface area contributed by atoms with E-state index in [1.165, 1.54) is 4.57 Å². The summed E-state index contributed by atoms with van der Waals surface area (Å²) < 4.78 is 3.42. The van der Waals surface area contributed by atoms with Crippen LogP contribution in [0.5, 0.6) is 0 Å². The number of nitrogens with zero attached hydrogens (tertiary/aromatic N) is 4. The molecule has 7 heteroatoms. The molecular formula is C19H10Cl2N4O. The van der Waals surface area contributed by atoms with Gasteiger partial charge in [-0.05, 0) is 36.4 Å². The third-order valence-electron chi connectivity index (χ3n) is 4.38. The number of para-hydroxylation sites is 2. The lowest BCUT2D eigenvalue weighted by atomic mass is 10.2. The first-order valence-electron chi connectivity index (χ1n) is 7.86. The van der Waals surface area contributed by atoms with Crippen LogP contribution in [0.2, 0.25) is 10.0 Å². The van der Waals surface area contributed by atoms with Crippen molar-refractivity contribution in [3.8, 4) is 5.69 Å². The van der Waals surface area contributed by atoms with E-state index in [0.29, 0.717) is 26.9 Å². The Balaban J connectivity index is 1.86. The lowest BCUT2D eigenvalue weighted by Crippen LogP contribution is -2.18. The summed E-state index contributed by atoms with van der Waals surface area (Å²) in [4.78, 5) is 21.9. The van der Waals surface area contributed by atoms with Gasteiger partial charge in [0, 0.05) is 12.4 Å². The van der Waals surface area contributed by atoms with E-state index in [2.05, 4.69) is 9.97 Å². The Morgan fingerprint density at radius 2 is 1.77 bits per heavy atom. The normalized spacial score (nSPS) is 11.6. The van der Waals surface area contributed by atoms with E-state index in [4.69, 9.17) is 23.2 Å². The van der Waals surface area contributed by atoms with Crippen LogP contribution in [0.1, 0.15) is 0 Å². The second-order valence-corrected chi connectivity index (χ2v) is 6.70. The minimum Gasteiger partial charge on any atom is -0.284 e.